The minimum absolute atomic E-state index is 0.0767. The second-order valence-electron chi connectivity index (χ2n) is 6.51. The molecule has 0 aromatic heterocycles. The van der Waals surface area contributed by atoms with E-state index in [4.69, 9.17) is 9.47 Å². The van der Waals surface area contributed by atoms with Crippen molar-refractivity contribution in [2.75, 3.05) is 13.2 Å². The number of ether oxygens (including phenoxy) is 2. The Morgan fingerprint density at radius 3 is 2.44 bits per heavy atom. The molecule has 0 aliphatic rings. The van der Waals surface area contributed by atoms with Crippen molar-refractivity contribution in [2.45, 2.75) is 40.5 Å². The SMILES string of the molecule is CCCCOc1ccc(/C=N/NC(=O)COc2c(C)ccc(C)c2C)cc1. The fourth-order valence-corrected chi connectivity index (χ4v) is 2.48. The molecule has 5 heteroatoms. The molecule has 0 saturated carbocycles. The van der Waals surface area contributed by atoms with E-state index in [0.29, 0.717) is 0 Å². The highest BCUT2D eigenvalue weighted by atomic mass is 16.5. The fraction of sp³-hybridized carbons (Fsp3) is 0.364. The highest BCUT2D eigenvalue weighted by Gasteiger charge is 2.08. The number of aryl methyl sites for hydroxylation is 2. The van der Waals surface area contributed by atoms with Gasteiger partial charge in [-0.3, -0.25) is 4.79 Å². The monoisotopic (exact) mass is 368 g/mol. The van der Waals surface area contributed by atoms with E-state index in [-0.39, 0.29) is 12.5 Å². The van der Waals surface area contributed by atoms with E-state index in [9.17, 15) is 4.79 Å². The maximum atomic E-state index is 11.9. The first-order chi connectivity index (χ1) is 13.0. The molecule has 0 spiro atoms. The van der Waals surface area contributed by atoms with Crippen LogP contribution >= 0.6 is 0 Å². The van der Waals surface area contributed by atoms with E-state index in [1.54, 1.807) is 6.21 Å². The molecular weight excluding hydrogens is 340 g/mol. The Kier molecular flexibility index (Phi) is 7.86. The number of carbonyl (C=O) groups is 1. The fourth-order valence-electron chi connectivity index (χ4n) is 2.48. The third-order valence-corrected chi connectivity index (χ3v) is 4.27. The molecule has 0 saturated heterocycles. The largest absolute Gasteiger partial charge is 0.494 e. The molecule has 1 amide bonds. The minimum atomic E-state index is -0.300. The summed E-state index contributed by atoms with van der Waals surface area (Å²) in [6, 6.07) is 11.6. The summed E-state index contributed by atoms with van der Waals surface area (Å²) in [6.45, 7) is 8.75. The van der Waals surface area contributed by atoms with Gasteiger partial charge in [0.25, 0.3) is 5.91 Å². The van der Waals surface area contributed by atoms with Crippen molar-refractivity contribution in [1.82, 2.24) is 5.43 Å². The Balaban J connectivity index is 1.81. The van der Waals surface area contributed by atoms with Gasteiger partial charge in [0.05, 0.1) is 12.8 Å². The lowest BCUT2D eigenvalue weighted by atomic mass is 10.1. The maximum Gasteiger partial charge on any atom is 0.277 e. The minimum Gasteiger partial charge on any atom is -0.494 e. The lowest BCUT2D eigenvalue weighted by Gasteiger charge is -2.13. The summed E-state index contributed by atoms with van der Waals surface area (Å²) in [7, 11) is 0. The van der Waals surface area contributed by atoms with Gasteiger partial charge in [0, 0.05) is 0 Å². The van der Waals surface area contributed by atoms with Crippen molar-refractivity contribution in [2.24, 2.45) is 5.10 Å². The Labute approximate surface area is 161 Å². The van der Waals surface area contributed by atoms with Crippen LogP contribution in [-0.2, 0) is 4.79 Å². The lowest BCUT2D eigenvalue weighted by molar-refractivity contribution is -0.123. The molecule has 0 radical (unpaired) electrons. The normalized spacial score (nSPS) is 10.8. The quantitative estimate of drug-likeness (QED) is 0.407. The number of unbranched alkanes of at least 4 members (excludes halogenated alkanes) is 1. The average molecular weight is 368 g/mol. The van der Waals surface area contributed by atoms with Gasteiger partial charge in [0.15, 0.2) is 6.61 Å². The Morgan fingerprint density at radius 2 is 1.74 bits per heavy atom. The summed E-state index contributed by atoms with van der Waals surface area (Å²) in [6.07, 6.45) is 3.74. The van der Waals surface area contributed by atoms with Gasteiger partial charge in [-0.15, -0.1) is 0 Å². The van der Waals surface area contributed by atoms with Crippen LogP contribution in [0.1, 0.15) is 42.0 Å². The van der Waals surface area contributed by atoms with Crippen molar-refractivity contribution < 1.29 is 14.3 Å². The predicted molar refractivity (Wildman–Crippen MR) is 109 cm³/mol. The zero-order valence-electron chi connectivity index (χ0n) is 16.5. The van der Waals surface area contributed by atoms with Crippen molar-refractivity contribution >= 4 is 12.1 Å². The molecule has 0 heterocycles. The molecule has 2 rings (SSSR count). The summed E-state index contributed by atoms with van der Waals surface area (Å²) in [5.74, 6) is 1.29. The van der Waals surface area contributed by atoms with Gasteiger partial charge in [0.1, 0.15) is 11.5 Å². The lowest BCUT2D eigenvalue weighted by Crippen LogP contribution is -2.25. The summed E-state index contributed by atoms with van der Waals surface area (Å²) in [5, 5.41) is 3.98. The summed E-state index contributed by atoms with van der Waals surface area (Å²) in [4.78, 5) is 11.9. The number of nitrogens with one attached hydrogen (secondary N) is 1. The van der Waals surface area contributed by atoms with Crippen LogP contribution in [-0.4, -0.2) is 25.3 Å². The van der Waals surface area contributed by atoms with Crippen LogP contribution in [0.4, 0.5) is 0 Å². The Morgan fingerprint density at radius 1 is 1.04 bits per heavy atom. The molecule has 0 unspecified atom stereocenters. The van der Waals surface area contributed by atoms with Crippen molar-refractivity contribution in [1.29, 1.82) is 0 Å². The summed E-state index contributed by atoms with van der Waals surface area (Å²) < 4.78 is 11.3. The third kappa shape index (κ3) is 6.44. The van der Waals surface area contributed by atoms with Gasteiger partial charge >= 0.3 is 0 Å². The predicted octanol–water partition coefficient (Wildman–Crippen LogP) is 4.32. The van der Waals surface area contributed by atoms with E-state index in [1.165, 1.54) is 0 Å². The number of nitrogens with zero attached hydrogens (tertiary/aromatic N) is 1. The second-order valence-corrected chi connectivity index (χ2v) is 6.51. The molecule has 0 aliphatic carbocycles. The average Bonchev–Trinajstić information content (AvgIpc) is 2.66. The third-order valence-electron chi connectivity index (χ3n) is 4.27. The van der Waals surface area contributed by atoms with Crippen LogP contribution in [0.15, 0.2) is 41.5 Å². The first kappa shape index (κ1) is 20.5. The van der Waals surface area contributed by atoms with E-state index in [1.807, 2.05) is 57.2 Å². The van der Waals surface area contributed by atoms with Crippen molar-refractivity contribution in [3.8, 4) is 11.5 Å². The van der Waals surface area contributed by atoms with Gasteiger partial charge in [-0.1, -0.05) is 25.5 Å². The van der Waals surface area contributed by atoms with Crippen molar-refractivity contribution in [3.63, 3.8) is 0 Å². The van der Waals surface area contributed by atoms with Crippen LogP contribution < -0.4 is 14.9 Å². The maximum absolute atomic E-state index is 11.9. The number of hydrogen-bond acceptors (Lipinski definition) is 4. The standard InChI is InChI=1S/C22H28N2O3/c1-5-6-13-26-20-11-9-19(10-12-20)14-23-24-21(25)15-27-22-17(3)8-7-16(2)18(22)4/h7-12,14H,5-6,13,15H2,1-4H3,(H,24,25)/b23-14+. The highest BCUT2D eigenvalue weighted by Crippen LogP contribution is 2.25. The smallest absolute Gasteiger partial charge is 0.277 e. The molecule has 0 aliphatic heterocycles. The molecule has 27 heavy (non-hydrogen) atoms. The van der Waals surface area contributed by atoms with E-state index in [0.717, 1.165) is 53.2 Å². The molecule has 144 valence electrons. The first-order valence-corrected chi connectivity index (χ1v) is 9.25. The summed E-state index contributed by atoms with van der Waals surface area (Å²) >= 11 is 0. The molecule has 2 aromatic carbocycles. The van der Waals surface area contributed by atoms with Gasteiger partial charge in [-0.2, -0.15) is 5.10 Å². The van der Waals surface area contributed by atoms with E-state index >= 15 is 0 Å². The molecule has 0 atom stereocenters. The Hall–Kier alpha value is -2.82. The van der Waals surface area contributed by atoms with Gasteiger partial charge in [-0.05, 0) is 73.7 Å². The second kappa shape index (κ2) is 10.4. The van der Waals surface area contributed by atoms with Crippen LogP contribution in [0, 0.1) is 20.8 Å². The summed E-state index contributed by atoms with van der Waals surface area (Å²) in [5.41, 5.74) is 6.56. The Bertz CT molecular complexity index is 783. The highest BCUT2D eigenvalue weighted by molar-refractivity contribution is 5.83. The molecule has 1 N–H and O–H groups in total. The van der Waals surface area contributed by atoms with Crippen molar-refractivity contribution in [3.05, 3.63) is 58.7 Å². The van der Waals surface area contributed by atoms with Crippen LogP contribution in [0.3, 0.4) is 0 Å². The molecular formula is C22H28N2O3. The molecule has 2 aromatic rings. The first-order valence-electron chi connectivity index (χ1n) is 9.25. The van der Waals surface area contributed by atoms with Crippen LogP contribution in [0.25, 0.3) is 0 Å². The number of benzene rings is 2. The number of rotatable bonds is 9. The van der Waals surface area contributed by atoms with E-state index in [2.05, 4.69) is 17.5 Å². The molecule has 5 nitrogen and oxygen atoms in total. The number of amides is 1. The van der Waals surface area contributed by atoms with Crippen LogP contribution in [0.5, 0.6) is 11.5 Å². The van der Waals surface area contributed by atoms with Gasteiger partial charge in [-0.25, -0.2) is 5.43 Å². The zero-order valence-corrected chi connectivity index (χ0v) is 16.5. The van der Waals surface area contributed by atoms with E-state index < -0.39 is 0 Å². The van der Waals surface area contributed by atoms with Gasteiger partial charge < -0.3 is 9.47 Å². The number of hydrogen-bond donors (Lipinski definition) is 1. The number of hydrazone groups is 1. The molecule has 0 bridgehead atoms. The zero-order chi connectivity index (χ0) is 19.6. The van der Waals surface area contributed by atoms with Crippen LogP contribution in [0.2, 0.25) is 0 Å². The molecule has 0 fully saturated rings. The topological polar surface area (TPSA) is 59.9 Å². The van der Waals surface area contributed by atoms with Gasteiger partial charge in [0.2, 0.25) is 0 Å². The number of carbonyl (C=O) groups excluding carboxylic acids is 1.